The molecule has 1 aromatic carbocycles. The molecule has 1 saturated carbocycles. The Bertz CT molecular complexity index is 790. The summed E-state index contributed by atoms with van der Waals surface area (Å²) in [5, 5.41) is 0. The number of carbonyl (C=O) groups is 2. The molecule has 4 rings (SSSR count). The van der Waals surface area contributed by atoms with E-state index in [-0.39, 0.29) is 30.7 Å². The minimum atomic E-state index is -0.899. The van der Waals surface area contributed by atoms with Crippen LogP contribution >= 0.6 is 0 Å². The zero-order valence-corrected chi connectivity index (χ0v) is 19.6. The van der Waals surface area contributed by atoms with E-state index in [9.17, 15) is 14.0 Å². The quantitative estimate of drug-likeness (QED) is 0.584. The Hall–Kier alpha value is -2.15. The van der Waals surface area contributed by atoms with Gasteiger partial charge in [-0.15, -0.1) is 0 Å². The van der Waals surface area contributed by atoms with Crippen molar-refractivity contribution in [2.45, 2.75) is 69.8 Å². The molecule has 0 N–H and O–H groups in total. The molecule has 2 amide bonds. The minimum absolute atomic E-state index is 0.0534. The zero-order chi connectivity index (χ0) is 23.1. The lowest BCUT2D eigenvalue weighted by Crippen LogP contribution is -2.58. The summed E-state index contributed by atoms with van der Waals surface area (Å²) in [7, 11) is 0. The molecule has 182 valence electrons. The highest BCUT2D eigenvalue weighted by atomic mass is 19.1. The van der Waals surface area contributed by atoms with Crippen LogP contribution in [0.4, 0.5) is 4.39 Å². The van der Waals surface area contributed by atoms with Crippen LogP contribution in [0.5, 0.6) is 5.75 Å². The van der Waals surface area contributed by atoms with Crippen molar-refractivity contribution in [2.24, 2.45) is 5.92 Å². The van der Waals surface area contributed by atoms with Gasteiger partial charge in [-0.25, -0.2) is 4.39 Å². The number of carbonyl (C=O) groups excluding carboxylic acids is 2. The minimum Gasteiger partial charge on any atom is -0.490 e. The predicted molar refractivity (Wildman–Crippen MR) is 123 cm³/mol. The number of hydrogen-bond acceptors (Lipinski definition) is 4. The molecule has 1 atom stereocenters. The maximum absolute atomic E-state index is 13.3. The average molecular weight is 461 g/mol. The van der Waals surface area contributed by atoms with Crippen LogP contribution < -0.4 is 4.74 Å². The Morgan fingerprint density at radius 2 is 1.70 bits per heavy atom. The molecule has 0 spiro atoms. The fourth-order valence-electron chi connectivity index (χ4n) is 5.36. The number of ether oxygens (including phenoxy) is 2. The van der Waals surface area contributed by atoms with Gasteiger partial charge in [-0.2, -0.15) is 0 Å². The van der Waals surface area contributed by atoms with Gasteiger partial charge in [0.25, 0.3) is 0 Å². The van der Waals surface area contributed by atoms with Crippen molar-refractivity contribution in [3.63, 3.8) is 0 Å². The van der Waals surface area contributed by atoms with E-state index in [4.69, 9.17) is 9.47 Å². The van der Waals surface area contributed by atoms with E-state index < -0.39 is 5.60 Å². The summed E-state index contributed by atoms with van der Waals surface area (Å²) in [6.45, 7) is 2.96. The molecule has 2 aliphatic heterocycles. The molecular weight excluding hydrogens is 423 g/mol. The molecule has 2 heterocycles. The van der Waals surface area contributed by atoms with Gasteiger partial charge in [0.15, 0.2) is 0 Å². The molecule has 1 aromatic rings. The number of amides is 2. The van der Waals surface area contributed by atoms with Gasteiger partial charge < -0.3 is 19.3 Å². The molecule has 7 heteroatoms. The molecule has 3 aliphatic rings. The summed E-state index contributed by atoms with van der Waals surface area (Å²) in [5.74, 6) is 1.06. The van der Waals surface area contributed by atoms with Crippen molar-refractivity contribution in [2.75, 3.05) is 39.4 Å². The van der Waals surface area contributed by atoms with Gasteiger partial charge in [-0.1, -0.05) is 25.7 Å². The number of benzene rings is 1. The second kappa shape index (κ2) is 11.3. The van der Waals surface area contributed by atoms with Gasteiger partial charge in [0.2, 0.25) is 11.8 Å². The van der Waals surface area contributed by atoms with Crippen LogP contribution in [0.2, 0.25) is 0 Å². The first kappa shape index (κ1) is 24.0. The van der Waals surface area contributed by atoms with Crippen LogP contribution in [0, 0.1) is 11.7 Å². The summed E-state index contributed by atoms with van der Waals surface area (Å²) in [4.78, 5) is 29.9. The Labute approximate surface area is 196 Å². The first-order chi connectivity index (χ1) is 16.0. The van der Waals surface area contributed by atoms with Crippen LogP contribution in [0.1, 0.15) is 64.2 Å². The molecular formula is C26H37FN2O4. The Kier molecular flexibility index (Phi) is 8.23. The van der Waals surface area contributed by atoms with Crippen molar-refractivity contribution < 1.29 is 23.5 Å². The third kappa shape index (κ3) is 6.69. The summed E-state index contributed by atoms with van der Waals surface area (Å²) in [6.07, 6.45) is 9.91. The van der Waals surface area contributed by atoms with Gasteiger partial charge >= 0.3 is 0 Å². The lowest BCUT2D eigenvalue weighted by Gasteiger charge is -2.43. The van der Waals surface area contributed by atoms with Crippen molar-refractivity contribution in [3.8, 4) is 5.75 Å². The van der Waals surface area contributed by atoms with Crippen LogP contribution in [-0.4, -0.2) is 66.6 Å². The highest BCUT2D eigenvalue weighted by Gasteiger charge is 2.42. The van der Waals surface area contributed by atoms with Crippen LogP contribution in [-0.2, 0) is 14.3 Å². The van der Waals surface area contributed by atoms with E-state index in [1.165, 1.54) is 37.8 Å². The predicted octanol–water partition coefficient (Wildman–Crippen LogP) is 4.18. The summed E-state index contributed by atoms with van der Waals surface area (Å²) < 4.78 is 25.4. The lowest BCUT2D eigenvalue weighted by atomic mass is 9.95. The summed E-state index contributed by atoms with van der Waals surface area (Å²) >= 11 is 0. The second-order valence-electron chi connectivity index (χ2n) is 9.90. The third-order valence-corrected chi connectivity index (χ3v) is 7.34. The molecule has 0 aromatic heterocycles. The maximum atomic E-state index is 13.3. The summed E-state index contributed by atoms with van der Waals surface area (Å²) in [5.41, 5.74) is -0.899. The number of likely N-dealkylation sites (tertiary alicyclic amines) is 1. The van der Waals surface area contributed by atoms with Crippen LogP contribution in [0.25, 0.3) is 0 Å². The Morgan fingerprint density at radius 1 is 0.970 bits per heavy atom. The van der Waals surface area contributed by atoms with Gasteiger partial charge in [0, 0.05) is 26.1 Å². The Morgan fingerprint density at radius 3 is 2.42 bits per heavy atom. The molecule has 0 radical (unpaired) electrons. The van der Waals surface area contributed by atoms with E-state index >= 15 is 0 Å². The van der Waals surface area contributed by atoms with E-state index in [2.05, 4.69) is 0 Å². The SMILES string of the molecule is O=C(CC1(COc2ccc(F)cc2)CN(C(=O)CCC2CCCC2)CCO1)N1CCCCC1. The summed E-state index contributed by atoms with van der Waals surface area (Å²) in [6, 6.07) is 5.84. The van der Waals surface area contributed by atoms with Crippen molar-refractivity contribution >= 4 is 11.8 Å². The number of hydrogen-bond donors (Lipinski definition) is 0. The fraction of sp³-hybridized carbons (Fsp3) is 0.692. The van der Waals surface area contributed by atoms with E-state index in [0.717, 1.165) is 38.8 Å². The van der Waals surface area contributed by atoms with Gasteiger partial charge in [-0.3, -0.25) is 9.59 Å². The average Bonchev–Trinajstić information content (AvgIpc) is 3.37. The number of piperidine rings is 1. The normalized spacial score (nSPS) is 24.2. The molecule has 1 unspecified atom stereocenters. The number of halogens is 1. The van der Waals surface area contributed by atoms with E-state index in [1.54, 1.807) is 12.1 Å². The van der Waals surface area contributed by atoms with Crippen LogP contribution in [0.15, 0.2) is 24.3 Å². The third-order valence-electron chi connectivity index (χ3n) is 7.34. The second-order valence-corrected chi connectivity index (χ2v) is 9.90. The maximum Gasteiger partial charge on any atom is 0.225 e. The molecule has 2 saturated heterocycles. The monoisotopic (exact) mass is 460 g/mol. The number of rotatable bonds is 8. The molecule has 6 nitrogen and oxygen atoms in total. The lowest BCUT2D eigenvalue weighted by molar-refractivity contribution is -0.166. The topological polar surface area (TPSA) is 59.1 Å². The largest absolute Gasteiger partial charge is 0.490 e. The molecule has 1 aliphatic carbocycles. The molecule has 33 heavy (non-hydrogen) atoms. The van der Waals surface area contributed by atoms with E-state index in [1.807, 2.05) is 9.80 Å². The van der Waals surface area contributed by atoms with Crippen molar-refractivity contribution in [1.82, 2.24) is 9.80 Å². The van der Waals surface area contributed by atoms with Gasteiger partial charge in [0.1, 0.15) is 23.8 Å². The van der Waals surface area contributed by atoms with Crippen molar-refractivity contribution in [1.29, 1.82) is 0 Å². The van der Waals surface area contributed by atoms with Gasteiger partial charge in [0.05, 0.1) is 19.6 Å². The van der Waals surface area contributed by atoms with Gasteiger partial charge in [-0.05, 0) is 55.9 Å². The molecule has 0 bridgehead atoms. The first-order valence-corrected chi connectivity index (χ1v) is 12.6. The van der Waals surface area contributed by atoms with Crippen LogP contribution in [0.3, 0.4) is 0 Å². The zero-order valence-electron chi connectivity index (χ0n) is 19.6. The Balaban J connectivity index is 1.42. The number of morpholine rings is 1. The highest BCUT2D eigenvalue weighted by Crippen LogP contribution is 2.30. The standard InChI is InChI=1S/C26H37FN2O4/c27-22-9-11-23(12-10-22)32-20-26(18-25(31)28-14-4-1-5-15-28)19-29(16-17-33-26)24(30)13-8-21-6-2-3-7-21/h9-12,21H,1-8,13-20H2. The number of nitrogens with zero attached hydrogens (tertiary/aromatic N) is 2. The smallest absolute Gasteiger partial charge is 0.225 e. The van der Waals surface area contributed by atoms with E-state index in [0.29, 0.717) is 37.8 Å². The van der Waals surface area contributed by atoms with Crippen molar-refractivity contribution in [3.05, 3.63) is 30.1 Å². The highest BCUT2D eigenvalue weighted by molar-refractivity contribution is 5.79. The molecule has 3 fully saturated rings. The first-order valence-electron chi connectivity index (χ1n) is 12.6. The fourth-order valence-corrected chi connectivity index (χ4v) is 5.36.